The van der Waals surface area contributed by atoms with Crippen LogP contribution in [0, 0.1) is 6.92 Å². The van der Waals surface area contributed by atoms with E-state index in [0.717, 1.165) is 15.4 Å². The maximum absolute atomic E-state index is 14.1. The third-order valence-electron chi connectivity index (χ3n) is 6.77. The molecule has 0 spiro atoms. The normalized spacial score (nSPS) is 11.8. The fourth-order valence-electron chi connectivity index (χ4n) is 4.52. The van der Waals surface area contributed by atoms with Crippen LogP contribution in [0.2, 0.25) is 0 Å². The summed E-state index contributed by atoms with van der Waals surface area (Å²) in [5.41, 5.74) is 1.96. The summed E-state index contributed by atoms with van der Waals surface area (Å²) in [7, 11) is 0.148. The van der Waals surface area contributed by atoms with E-state index in [1.807, 2.05) is 19.9 Å². The van der Waals surface area contributed by atoms with Crippen molar-refractivity contribution in [3.8, 4) is 17.2 Å². The van der Waals surface area contributed by atoms with Gasteiger partial charge in [-0.3, -0.25) is 13.9 Å². The fourth-order valence-corrected chi connectivity index (χ4v) is 5.95. The van der Waals surface area contributed by atoms with Crippen LogP contribution in [0.3, 0.4) is 0 Å². The van der Waals surface area contributed by atoms with Crippen molar-refractivity contribution in [1.82, 2.24) is 10.2 Å². The molecule has 3 rings (SSSR count). The zero-order valence-corrected chi connectivity index (χ0v) is 25.7. The van der Waals surface area contributed by atoms with Crippen LogP contribution in [-0.2, 0) is 26.2 Å². The molecular weight excluding hydrogens is 558 g/mol. The molecule has 0 aliphatic carbocycles. The van der Waals surface area contributed by atoms with E-state index in [0.29, 0.717) is 30.2 Å². The zero-order valence-electron chi connectivity index (χ0n) is 24.9. The van der Waals surface area contributed by atoms with Gasteiger partial charge in [0.05, 0.1) is 31.9 Å². The van der Waals surface area contributed by atoms with Gasteiger partial charge in [0.25, 0.3) is 10.0 Å². The summed E-state index contributed by atoms with van der Waals surface area (Å²) in [6.07, 6.45) is 0.328. The minimum absolute atomic E-state index is 0.0732. The molecule has 0 bridgehead atoms. The second-order valence-corrected chi connectivity index (χ2v) is 11.4. The Hall–Kier alpha value is -4.25. The molecule has 10 nitrogen and oxygen atoms in total. The summed E-state index contributed by atoms with van der Waals surface area (Å²) in [5, 5.41) is 2.80. The second-order valence-electron chi connectivity index (χ2n) is 9.56. The van der Waals surface area contributed by atoms with E-state index in [4.69, 9.17) is 14.2 Å². The number of nitrogens with one attached hydrogen (secondary N) is 1. The summed E-state index contributed by atoms with van der Waals surface area (Å²) in [4.78, 5) is 28.6. The van der Waals surface area contributed by atoms with E-state index in [-0.39, 0.29) is 23.1 Å². The number of benzene rings is 3. The Balaban J connectivity index is 2.10. The summed E-state index contributed by atoms with van der Waals surface area (Å²) in [6.45, 7) is 5.41. The molecule has 3 aromatic carbocycles. The first-order chi connectivity index (χ1) is 20.1. The number of amides is 2. The van der Waals surface area contributed by atoms with Gasteiger partial charge in [-0.1, -0.05) is 36.8 Å². The highest BCUT2D eigenvalue weighted by Crippen LogP contribution is 2.32. The largest absolute Gasteiger partial charge is 0.497 e. The Morgan fingerprint density at radius 3 is 2.17 bits per heavy atom. The second kappa shape index (κ2) is 14.6. The molecule has 3 aromatic rings. The lowest BCUT2D eigenvalue weighted by molar-refractivity contribution is -0.140. The first-order valence-electron chi connectivity index (χ1n) is 13.6. The quantitative estimate of drug-likeness (QED) is 0.297. The van der Waals surface area contributed by atoms with Crippen LogP contribution in [0.15, 0.2) is 71.6 Å². The van der Waals surface area contributed by atoms with Crippen molar-refractivity contribution in [2.24, 2.45) is 0 Å². The highest BCUT2D eigenvalue weighted by molar-refractivity contribution is 7.92. The van der Waals surface area contributed by atoms with E-state index in [2.05, 4.69) is 5.32 Å². The number of carbonyl (C=O) groups excluding carboxylic acids is 2. The molecule has 1 atom stereocenters. The molecule has 0 saturated heterocycles. The van der Waals surface area contributed by atoms with Gasteiger partial charge in [0.15, 0.2) is 11.5 Å². The average molecular weight is 598 g/mol. The van der Waals surface area contributed by atoms with E-state index in [1.54, 1.807) is 56.5 Å². The van der Waals surface area contributed by atoms with Gasteiger partial charge in [-0.15, -0.1) is 0 Å². The lowest BCUT2D eigenvalue weighted by Gasteiger charge is -2.33. The van der Waals surface area contributed by atoms with Gasteiger partial charge >= 0.3 is 0 Å². The molecule has 0 aliphatic rings. The van der Waals surface area contributed by atoms with Crippen molar-refractivity contribution >= 4 is 27.5 Å². The summed E-state index contributed by atoms with van der Waals surface area (Å²) < 4.78 is 45.3. The van der Waals surface area contributed by atoms with Crippen LogP contribution in [0.25, 0.3) is 0 Å². The van der Waals surface area contributed by atoms with Gasteiger partial charge in [-0.2, -0.15) is 0 Å². The van der Waals surface area contributed by atoms with Crippen LogP contribution in [0.1, 0.15) is 31.4 Å². The Bertz CT molecular complexity index is 1480. The van der Waals surface area contributed by atoms with E-state index >= 15 is 0 Å². The van der Waals surface area contributed by atoms with E-state index in [1.165, 1.54) is 37.3 Å². The molecule has 0 aromatic heterocycles. The standard InChI is InChI=1S/C31H39N3O7S/c1-7-27(31(36)32-8-2)33(20-23-10-9-11-25(18-23)39-4)30(35)21-34(24-14-12-22(3)13-15-24)42(37,38)26-16-17-28(40-5)29(19-26)41-6/h9-19,27H,7-8,20-21H2,1-6H3,(H,32,36)/t27-/m1/s1. The molecule has 0 radical (unpaired) electrons. The highest BCUT2D eigenvalue weighted by atomic mass is 32.2. The topological polar surface area (TPSA) is 114 Å². The lowest BCUT2D eigenvalue weighted by atomic mass is 10.1. The number of likely N-dealkylation sites (N-methyl/N-ethyl adjacent to an activating group) is 1. The third kappa shape index (κ3) is 7.52. The van der Waals surface area contributed by atoms with Crippen LogP contribution in [-0.4, -0.2) is 65.6 Å². The van der Waals surface area contributed by atoms with Crippen molar-refractivity contribution in [3.05, 3.63) is 77.9 Å². The Kier molecular flexibility index (Phi) is 11.2. The number of hydrogen-bond acceptors (Lipinski definition) is 7. The van der Waals surface area contributed by atoms with Crippen LogP contribution >= 0.6 is 0 Å². The summed E-state index contributed by atoms with van der Waals surface area (Å²) in [5.74, 6) is 0.340. The molecule has 42 heavy (non-hydrogen) atoms. The maximum Gasteiger partial charge on any atom is 0.264 e. The smallest absolute Gasteiger partial charge is 0.264 e. The Morgan fingerprint density at radius 2 is 1.57 bits per heavy atom. The number of ether oxygens (including phenoxy) is 3. The Labute approximate surface area is 248 Å². The fraction of sp³-hybridized carbons (Fsp3) is 0.355. The molecular formula is C31H39N3O7S. The monoisotopic (exact) mass is 597 g/mol. The number of aryl methyl sites for hydroxylation is 1. The number of nitrogens with zero attached hydrogens (tertiary/aromatic N) is 2. The Morgan fingerprint density at radius 1 is 0.881 bits per heavy atom. The molecule has 0 unspecified atom stereocenters. The minimum atomic E-state index is -4.27. The lowest BCUT2D eigenvalue weighted by Crippen LogP contribution is -2.52. The van der Waals surface area contributed by atoms with Crippen LogP contribution < -0.4 is 23.8 Å². The van der Waals surface area contributed by atoms with Gasteiger partial charge in [0.1, 0.15) is 18.3 Å². The number of methoxy groups -OCH3 is 3. The van der Waals surface area contributed by atoms with Gasteiger partial charge in [-0.05, 0) is 62.2 Å². The summed E-state index contributed by atoms with van der Waals surface area (Å²) in [6, 6.07) is 17.5. The van der Waals surface area contributed by atoms with E-state index < -0.39 is 28.5 Å². The van der Waals surface area contributed by atoms with Crippen molar-refractivity contribution in [1.29, 1.82) is 0 Å². The van der Waals surface area contributed by atoms with Gasteiger partial charge in [0.2, 0.25) is 11.8 Å². The van der Waals surface area contributed by atoms with Crippen molar-refractivity contribution < 1.29 is 32.2 Å². The van der Waals surface area contributed by atoms with Crippen molar-refractivity contribution in [3.63, 3.8) is 0 Å². The molecule has 226 valence electrons. The van der Waals surface area contributed by atoms with Crippen molar-refractivity contribution in [2.45, 2.75) is 44.7 Å². The minimum Gasteiger partial charge on any atom is -0.497 e. The molecule has 0 saturated carbocycles. The summed E-state index contributed by atoms with van der Waals surface area (Å²) >= 11 is 0. The average Bonchev–Trinajstić information content (AvgIpc) is 2.99. The number of hydrogen-bond donors (Lipinski definition) is 1. The molecule has 0 heterocycles. The SMILES string of the molecule is CCNC(=O)[C@@H](CC)N(Cc1cccc(OC)c1)C(=O)CN(c1ccc(C)cc1)S(=O)(=O)c1ccc(OC)c(OC)c1. The maximum atomic E-state index is 14.1. The third-order valence-corrected chi connectivity index (χ3v) is 8.54. The van der Waals surface area contributed by atoms with Crippen molar-refractivity contribution in [2.75, 3.05) is 38.7 Å². The van der Waals surface area contributed by atoms with Gasteiger partial charge in [0, 0.05) is 19.2 Å². The van der Waals surface area contributed by atoms with Gasteiger partial charge < -0.3 is 24.4 Å². The predicted molar refractivity (Wildman–Crippen MR) is 162 cm³/mol. The number of rotatable bonds is 14. The molecule has 1 N–H and O–H groups in total. The van der Waals surface area contributed by atoms with Gasteiger partial charge in [-0.25, -0.2) is 8.42 Å². The molecule has 0 fully saturated rings. The predicted octanol–water partition coefficient (Wildman–Crippen LogP) is 4.16. The number of carbonyl (C=O) groups is 2. The molecule has 0 aliphatic heterocycles. The number of anilines is 1. The zero-order chi connectivity index (χ0) is 30.9. The highest BCUT2D eigenvalue weighted by Gasteiger charge is 2.34. The van der Waals surface area contributed by atoms with Crippen LogP contribution in [0.4, 0.5) is 5.69 Å². The first kappa shape index (κ1) is 32.3. The molecule has 11 heteroatoms. The first-order valence-corrected chi connectivity index (χ1v) is 15.0. The molecule has 2 amide bonds. The van der Waals surface area contributed by atoms with Crippen LogP contribution in [0.5, 0.6) is 17.2 Å². The number of sulfonamides is 1. The van der Waals surface area contributed by atoms with E-state index in [9.17, 15) is 18.0 Å².